The number of hydrogen-bond acceptors (Lipinski definition) is 4. The third-order valence-electron chi connectivity index (χ3n) is 6.38. The van der Waals surface area contributed by atoms with Crippen molar-refractivity contribution < 1.29 is 14.3 Å². The molecule has 4 aromatic rings. The molecule has 1 atom stereocenters. The molecule has 5 rings (SSSR count). The lowest BCUT2D eigenvalue weighted by Gasteiger charge is -2.27. The van der Waals surface area contributed by atoms with Crippen molar-refractivity contribution in [3.05, 3.63) is 137 Å². The summed E-state index contributed by atoms with van der Waals surface area (Å²) in [7, 11) is 0. The van der Waals surface area contributed by atoms with Gasteiger partial charge in [-0.15, -0.1) is 0 Å². The van der Waals surface area contributed by atoms with E-state index >= 15 is 0 Å². The quantitative estimate of drug-likeness (QED) is 0.279. The van der Waals surface area contributed by atoms with E-state index in [1.54, 1.807) is 17.0 Å². The van der Waals surface area contributed by atoms with Crippen molar-refractivity contribution in [3.63, 3.8) is 0 Å². The minimum atomic E-state index is -0.604. The molecule has 0 aromatic heterocycles. The van der Waals surface area contributed by atoms with Crippen LogP contribution in [0.25, 0.3) is 0 Å². The molecular weight excluding hydrogens is 460 g/mol. The molecule has 4 aromatic carbocycles. The summed E-state index contributed by atoms with van der Waals surface area (Å²) in [6, 6.07) is 33.4. The minimum absolute atomic E-state index is 0.189. The zero-order valence-corrected chi connectivity index (χ0v) is 20.8. The summed E-state index contributed by atoms with van der Waals surface area (Å²) >= 11 is 0. The number of Topliss-reactive ketones (excluding diaryl/α,β-unsaturated/α-hetero) is 1. The molecule has 0 fully saturated rings. The van der Waals surface area contributed by atoms with Gasteiger partial charge in [-0.3, -0.25) is 14.5 Å². The Morgan fingerprint density at radius 1 is 0.838 bits per heavy atom. The van der Waals surface area contributed by atoms with Crippen molar-refractivity contribution in [1.82, 2.24) is 0 Å². The average Bonchev–Trinajstić information content (AvgIpc) is 3.22. The second-order valence-corrected chi connectivity index (χ2v) is 8.89. The molecule has 184 valence electrons. The molecule has 0 unspecified atom stereocenters. The van der Waals surface area contributed by atoms with Gasteiger partial charge in [0.25, 0.3) is 5.91 Å². The molecule has 0 saturated carbocycles. The predicted octanol–water partition coefficient (Wildman–Crippen LogP) is 6.73. The second-order valence-electron chi connectivity index (χ2n) is 8.89. The lowest BCUT2D eigenvalue weighted by molar-refractivity contribution is -0.114. The van der Waals surface area contributed by atoms with E-state index < -0.39 is 6.04 Å². The summed E-state index contributed by atoms with van der Waals surface area (Å²) < 4.78 is 5.61. The number of amides is 1. The maximum Gasteiger partial charge on any atom is 0.276 e. The van der Waals surface area contributed by atoms with Crippen LogP contribution in [0.5, 0.6) is 5.75 Å². The number of nitrogens with one attached hydrogen (secondary N) is 1. The first-order valence-electron chi connectivity index (χ1n) is 12.4. The van der Waals surface area contributed by atoms with Crippen LogP contribution in [0.2, 0.25) is 0 Å². The van der Waals surface area contributed by atoms with Crippen molar-refractivity contribution in [3.8, 4) is 5.75 Å². The summed E-state index contributed by atoms with van der Waals surface area (Å²) in [6.45, 7) is 4.49. The van der Waals surface area contributed by atoms with Gasteiger partial charge >= 0.3 is 0 Å². The largest absolute Gasteiger partial charge is 0.494 e. The Hall–Kier alpha value is -4.64. The molecule has 1 amide bonds. The van der Waals surface area contributed by atoms with Gasteiger partial charge < -0.3 is 10.1 Å². The highest BCUT2D eigenvalue weighted by Crippen LogP contribution is 2.43. The van der Waals surface area contributed by atoms with Gasteiger partial charge in [0.2, 0.25) is 0 Å². The van der Waals surface area contributed by atoms with Crippen LogP contribution in [0.15, 0.2) is 120 Å². The number of ether oxygens (including phenoxy) is 1. The Labute approximate surface area is 217 Å². The molecule has 0 spiro atoms. The van der Waals surface area contributed by atoms with Crippen LogP contribution < -0.4 is 15.0 Å². The zero-order chi connectivity index (χ0) is 25.8. The second kappa shape index (κ2) is 10.5. The fourth-order valence-electron chi connectivity index (χ4n) is 4.59. The average molecular weight is 489 g/mol. The Morgan fingerprint density at radius 2 is 1.46 bits per heavy atom. The molecule has 0 radical (unpaired) electrons. The van der Waals surface area contributed by atoms with Gasteiger partial charge in [0.05, 0.1) is 18.2 Å². The van der Waals surface area contributed by atoms with Crippen molar-refractivity contribution >= 4 is 23.1 Å². The first-order valence-corrected chi connectivity index (χ1v) is 12.4. The van der Waals surface area contributed by atoms with Crippen LogP contribution in [0.1, 0.15) is 34.5 Å². The zero-order valence-electron chi connectivity index (χ0n) is 20.8. The van der Waals surface area contributed by atoms with Crippen molar-refractivity contribution in [2.75, 3.05) is 16.8 Å². The molecule has 1 aliphatic rings. The van der Waals surface area contributed by atoms with E-state index in [4.69, 9.17) is 4.74 Å². The van der Waals surface area contributed by atoms with Crippen LogP contribution >= 0.6 is 0 Å². The molecule has 1 aliphatic heterocycles. The molecule has 5 nitrogen and oxygen atoms in total. The lowest BCUT2D eigenvalue weighted by atomic mass is 9.92. The molecule has 1 N–H and O–H groups in total. The number of hydrogen-bond donors (Lipinski definition) is 1. The summed E-state index contributed by atoms with van der Waals surface area (Å²) in [6.07, 6.45) is 0. The molecule has 5 heteroatoms. The van der Waals surface area contributed by atoms with E-state index in [2.05, 4.69) is 5.32 Å². The molecule has 37 heavy (non-hydrogen) atoms. The van der Waals surface area contributed by atoms with E-state index in [0.717, 1.165) is 22.6 Å². The number of carbonyl (C=O) groups excluding carboxylic acids is 2. The van der Waals surface area contributed by atoms with E-state index in [9.17, 15) is 9.59 Å². The number of nitrogens with zero attached hydrogens (tertiary/aromatic N) is 1. The summed E-state index contributed by atoms with van der Waals surface area (Å²) in [5.74, 6) is 0.268. The highest BCUT2D eigenvalue weighted by Gasteiger charge is 2.44. The van der Waals surface area contributed by atoms with E-state index in [-0.39, 0.29) is 17.4 Å². The third-order valence-corrected chi connectivity index (χ3v) is 6.38. The van der Waals surface area contributed by atoms with Gasteiger partial charge in [0.1, 0.15) is 11.4 Å². The maximum absolute atomic E-state index is 14.1. The number of benzene rings is 4. The van der Waals surface area contributed by atoms with Gasteiger partial charge in [0.15, 0.2) is 5.78 Å². The predicted molar refractivity (Wildman–Crippen MR) is 147 cm³/mol. The maximum atomic E-state index is 14.1. The Morgan fingerprint density at radius 3 is 2.08 bits per heavy atom. The van der Waals surface area contributed by atoms with E-state index in [1.807, 2.05) is 111 Å². The van der Waals surface area contributed by atoms with Crippen LogP contribution in [-0.4, -0.2) is 18.3 Å². The molecule has 0 bridgehead atoms. The van der Waals surface area contributed by atoms with Crippen LogP contribution in [0.3, 0.4) is 0 Å². The summed E-state index contributed by atoms with van der Waals surface area (Å²) in [5.41, 5.74) is 4.61. The van der Waals surface area contributed by atoms with Gasteiger partial charge in [-0.05, 0) is 55.8 Å². The highest BCUT2D eigenvalue weighted by molar-refractivity contribution is 6.23. The monoisotopic (exact) mass is 488 g/mol. The number of rotatable bonds is 8. The van der Waals surface area contributed by atoms with Crippen LogP contribution in [0, 0.1) is 6.92 Å². The molecule has 1 heterocycles. The van der Waals surface area contributed by atoms with E-state index in [1.165, 1.54) is 0 Å². The fraction of sp³-hybridized carbons (Fsp3) is 0.125. The summed E-state index contributed by atoms with van der Waals surface area (Å²) in [4.78, 5) is 29.9. The Kier molecular flexibility index (Phi) is 6.86. The van der Waals surface area contributed by atoms with Crippen LogP contribution in [-0.2, 0) is 4.79 Å². The number of anilines is 2. The Balaban J connectivity index is 1.68. The molecule has 0 saturated heterocycles. The molecular formula is C32H28N2O3. The normalized spacial score (nSPS) is 15.1. The molecule has 0 aliphatic carbocycles. The smallest absolute Gasteiger partial charge is 0.276 e. The number of ketones is 1. The van der Waals surface area contributed by atoms with Gasteiger partial charge in [-0.1, -0.05) is 78.4 Å². The van der Waals surface area contributed by atoms with E-state index in [0.29, 0.717) is 23.4 Å². The van der Waals surface area contributed by atoms with Crippen LogP contribution in [0.4, 0.5) is 11.4 Å². The first kappa shape index (κ1) is 24.1. The van der Waals surface area contributed by atoms with Gasteiger partial charge in [-0.2, -0.15) is 0 Å². The highest BCUT2D eigenvalue weighted by atomic mass is 16.5. The van der Waals surface area contributed by atoms with Crippen molar-refractivity contribution in [1.29, 1.82) is 0 Å². The standard InChI is InChI=1S/C32H28N2O3/c1-3-37-27-20-18-26(19-21-27)34-30(23-10-6-4-7-11-23)28(31(35)24-12-8-5-9-13-24)29(32(34)36)33-25-16-14-22(2)15-17-25/h4-21,30,33H,3H2,1-2H3/t30-/m1/s1. The van der Waals surface area contributed by atoms with Gasteiger partial charge in [0, 0.05) is 16.9 Å². The van der Waals surface area contributed by atoms with Crippen molar-refractivity contribution in [2.45, 2.75) is 19.9 Å². The summed E-state index contributed by atoms with van der Waals surface area (Å²) in [5, 5.41) is 3.29. The first-order chi connectivity index (χ1) is 18.1. The fourth-order valence-corrected chi connectivity index (χ4v) is 4.59. The lowest BCUT2D eigenvalue weighted by Crippen LogP contribution is -2.31. The SMILES string of the molecule is CCOc1ccc(N2C(=O)C(Nc3ccc(C)cc3)=C(C(=O)c3ccccc3)[C@H]2c2ccccc2)cc1. The topological polar surface area (TPSA) is 58.6 Å². The van der Waals surface area contributed by atoms with Gasteiger partial charge in [-0.25, -0.2) is 0 Å². The number of aryl methyl sites for hydroxylation is 1. The number of carbonyl (C=O) groups is 2. The minimum Gasteiger partial charge on any atom is -0.494 e. The Bertz CT molecular complexity index is 1430. The third kappa shape index (κ3) is 4.89. The van der Waals surface area contributed by atoms with Crippen molar-refractivity contribution in [2.24, 2.45) is 0 Å².